The normalized spacial score (nSPS) is 16.6. The number of fused-ring (bicyclic) bond motifs is 2. The highest BCUT2D eigenvalue weighted by Gasteiger charge is 2.27. The molecule has 1 amide bonds. The Balaban J connectivity index is 1.39. The van der Waals surface area contributed by atoms with E-state index in [0.29, 0.717) is 12.1 Å². The van der Waals surface area contributed by atoms with Gasteiger partial charge in [-0.3, -0.25) is 14.7 Å². The summed E-state index contributed by atoms with van der Waals surface area (Å²) in [5, 5.41) is 0.787. The number of para-hydroxylation sites is 1. The third-order valence-electron chi connectivity index (χ3n) is 6.86. The van der Waals surface area contributed by atoms with E-state index in [4.69, 9.17) is 9.72 Å². The lowest BCUT2D eigenvalue weighted by atomic mass is 9.95. The van der Waals surface area contributed by atoms with Gasteiger partial charge in [0.2, 0.25) is 0 Å². The van der Waals surface area contributed by atoms with Crippen molar-refractivity contribution in [2.45, 2.75) is 45.2 Å². The standard InChI is InChI=1S/C28H31N3O3/c32-26(31-15-8-1-2-9-16-31)20-34-28(33)27-22-12-6-7-13-24(22)29-25-14-17-30(19-23(25)27)18-21-10-4-3-5-11-21/h3-7,10-13H,1-2,8-9,14-20H2. The Hall–Kier alpha value is -3.25. The van der Waals surface area contributed by atoms with Crippen LogP contribution < -0.4 is 0 Å². The number of carbonyl (C=O) groups excluding carboxylic acids is 2. The van der Waals surface area contributed by atoms with Gasteiger partial charge in [-0.2, -0.15) is 0 Å². The summed E-state index contributed by atoms with van der Waals surface area (Å²) in [5.74, 6) is -0.534. The van der Waals surface area contributed by atoms with Crippen molar-refractivity contribution in [3.63, 3.8) is 0 Å². The van der Waals surface area contributed by atoms with Gasteiger partial charge in [-0.05, 0) is 24.5 Å². The molecular weight excluding hydrogens is 426 g/mol. The number of benzene rings is 2. The number of pyridine rings is 1. The van der Waals surface area contributed by atoms with Gasteiger partial charge in [0.1, 0.15) is 0 Å². The maximum absolute atomic E-state index is 13.4. The molecule has 34 heavy (non-hydrogen) atoms. The topological polar surface area (TPSA) is 62.7 Å². The van der Waals surface area contributed by atoms with Crippen LogP contribution in [-0.4, -0.2) is 52.9 Å². The van der Waals surface area contributed by atoms with Gasteiger partial charge in [0, 0.05) is 55.8 Å². The molecule has 6 heteroatoms. The quantitative estimate of drug-likeness (QED) is 0.533. The van der Waals surface area contributed by atoms with Gasteiger partial charge in [-0.15, -0.1) is 0 Å². The van der Waals surface area contributed by atoms with Crippen molar-refractivity contribution in [1.82, 2.24) is 14.8 Å². The first-order valence-corrected chi connectivity index (χ1v) is 12.3. The van der Waals surface area contributed by atoms with Crippen LogP contribution in [0, 0.1) is 0 Å². The smallest absolute Gasteiger partial charge is 0.339 e. The summed E-state index contributed by atoms with van der Waals surface area (Å²) in [6.45, 7) is 3.62. The average molecular weight is 458 g/mol. The zero-order valence-electron chi connectivity index (χ0n) is 19.5. The molecule has 0 radical (unpaired) electrons. The van der Waals surface area contributed by atoms with E-state index in [-0.39, 0.29) is 12.5 Å². The van der Waals surface area contributed by atoms with Gasteiger partial charge in [0.05, 0.1) is 11.1 Å². The largest absolute Gasteiger partial charge is 0.452 e. The predicted molar refractivity (Wildman–Crippen MR) is 131 cm³/mol. The van der Waals surface area contributed by atoms with Crippen LogP contribution in [0.4, 0.5) is 0 Å². The minimum atomic E-state index is -0.431. The Kier molecular flexibility index (Phi) is 6.86. The summed E-state index contributed by atoms with van der Waals surface area (Å²) in [5.41, 5.74) is 4.47. The molecular formula is C28H31N3O3. The van der Waals surface area contributed by atoms with Crippen LogP contribution in [0.1, 0.15) is 52.9 Å². The summed E-state index contributed by atoms with van der Waals surface area (Å²) in [6, 6.07) is 18.1. The highest BCUT2D eigenvalue weighted by molar-refractivity contribution is 6.05. The maximum atomic E-state index is 13.4. The van der Waals surface area contributed by atoms with Crippen LogP contribution in [0.25, 0.3) is 10.9 Å². The SMILES string of the molecule is O=C(OCC(=O)N1CCCCCC1)c1c2c(nc3ccccc13)CCN(Cc1ccccc1)C2. The zero-order valence-corrected chi connectivity index (χ0v) is 19.5. The van der Waals surface area contributed by atoms with Gasteiger partial charge < -0.3 is 9.64 Å². The Labute approximate surface area is 200 Å². The molecule has 0 saturated carbocycles. The van der Waals surface area contributed by atoms with Gasteiger partial charge in [0.15, 0.2) is 6.61 Å². The van der Waals surface area contributed by atoms with Crippen LogP contribution in [0.2, 0.25) is 0 Å². The van der Waals surface area contributed by atoms with Gasteiger partial charge in [-0.1, -0.05) is 61.4 Å². The first-order valence-electron chi connectivity index (χ1n) is 12.3. The molecule has 3 aromatic rings. The molecule has 1 fully saturated rings. The van der Waals surface area contributed by atoms with Crippen LogP contribution in [0.3, 0.4) is 0 Å². The molecule has 0 bridgehead atoms. The minimum absolute atomic E-state index is 0.104. The number of nitrogens with zero attached hydrogens (tertiary/aromatic N) is 3. The molecule has 0 aliphatic carbocycles. The second-order valence-corrected chi connectivity index (χ2v) is 9.25. The lowest BCUT2D eigenvalue weighted by molar-refractivity contribution is -0.134. The molecule has 5 rings (SSSR count). The van der Waals surface area contributed by atoms with Crippen molar-refractivity contribution >= 4 is 22.8 Å². The Morgan fingerprint density at radius 1 is 0.882 bits per heavy atom. The molecule has 2 aliphatic rings. The molecule has 2 aromatic carbocycles. The predicted octanol–water partition coefficient (Wildman–Crippen LogP) is 4.35. The third kappa shape index (κ3) is 4.97. The highest BCUT2D eigenvalue weighted by Crippen LogP contribution is 2.29. The first-order chi connectivity index (χ1) is 16.7. The molecule has 176 valence electrons. The first kappa shape index (κ1) is 22.5. The van der Waals surface area contributed by atoms with Crippen LogP contribution in [0.15, 0.2) is 54.6 Å². The number of aromatic nitrogens is 1. The van der Waals surface area contributed by atoms with Gasteiger partial charge in [-0.25, -0.2) is 4.79 Å². The van der Waals surface area contributed by atoms with Gasteiger partial charge in [0.25, 0.3) is 5.91 Å². The van der Waals surface area contributed by atoms with Crippen molar-refractivity contribution in [2.75, 3.05) is 26.2 Å². The average Bonchev–Trinajstić information content (AvgIpc) is 3.16. The summed E-state index contributed by atoms with van der Waals surface area (Å²) in [6.07, 6.45) is 5.11. The number of hydrogen-bond donors (Lipinski definition) is 0. The minimum Gasteiger partial charge on any atom is -0.452 e. The summed E-state index contributed by atoms with van der Waals surface area (Å²) in [4.78, 5) is 35.2. The van der Waals surface area contributed by atoms with Crippen LogP contribution in [0.5, 0.6) is 0 Å². The van der Waals surface area contributed by atoms with E-state index < -0.39 is 5.97 Å². The monoisotopic (exact) mass is 457 g/mol. The molecule has 3 heterocycles. The molecule has 1 saturated heterocycles. The van der Waals surface area contributed by atoms with Gasteiger partial charge >= 0.3 is 5.97 Å². The fourth-order valence-electron chi connectivity index (χ4n) is 5.07. The van der Waals surface area contributed by atoms with Crippen molar-refractivity contribution in [3.05, 3.63) is 77.0 Å². The number of ether oxygens (including phenoxy) is 1. The number of esters is 1. The lowest BCUT2D eigenvalue weighted by Crippen LogP contribution is -2.36. The van der Waals surface area contributed by atoms with E-state index in [2.05, 4.69) is 17.0 Å². The van der Waals surface area contributed by atoms with Crippen LogP contribution in [-0.2, 0) is 29.0 Å². The molecule has 1 aromatic heterocycles. The van der Waals surface area contributed by atoms with E-state index in [1.165, 1.54) is 5.56 Å². The van der Waals surface area contributed by atoms with E-state index >= 15 is 0 Å². The third-order valence-corrected chi connectivity index (χ3v) is 6.86. The fourth-order valence-corrected chi connectivity index (χ4v) is 5.07. The van der Waals surface area contributed by atoms with E-state index in [0.717, 1.165) is 80.4 Å². The summed E-state index contributed by atoms with van der Waals surface area (Å²) in [7, 11) is 0. The van der Waals surface area contributed by atoms with Crippen molar-refractivity contribution < 1.29 is 14.3 Å². The summed E-state index contributed by atoms with van der Waals surface area (Å²) >= 11 is 0. The maximum Gasteiger partial charge on any atom is 0.339 e. The number of rotatable bonds is 5. The molecule has 0 atom stereocenters. The number of hydrogen-bond acceptors (Lipinski definition) is 5. The summed E-state index contributed by atoms with van der Waals surface area (Å²) < 4.78 is 5.64. The van der Waals surface area contributed by atoms with Crippen molar-refractivity contribution in [1.29, 1.82) is 0 Å². The molecule has 2 aliphatic heterocycles. The molecule has 6 nitrogen and oxygen atoms in total. The zero-order chi connectivity index (χ0) is 23.3. The molecule has 0 unspecified atom stereocenters. The Morgan fingerprint density at radius 2 is 1.62 bits per heavy atom. The Morgan fingerprint density at radius 3 is 2.41 bits per heavy atom. The Bertz CT molecular complexity index is 1170. The van der Waals surface area contributed by atoms with Crippen LogP contribution >= 0.6 is 0 Å². The van der Waals surface area contributed by atoms with E-state index in [1.807, 2.05) is 47.4 Å². The second kappa shape index (κ2) is 10.3. The number of amides is 1. The molecule has 0 N–H and O–H groups in total. The van der Waals surface area contributed by atoms with Crippen molar-refractivity contribution in [3.8, 4) is 0 Å². The van der Waals surface area contributed by atoms with E-state index in [9.17, 15) is 9.59 Å². The van der Waals surface area contributed by atoms with Crippen molar-refractivity contribution in [2.24, 2.45) is 0 Å². The second-order valence-electron chi connectivity index (χ2n) is 9.25. The number of likely N-dealkylation sites (tertiary alicyclic amines) is 1. The fraction of sp³-hybridized carbons (Fsp3) is 0.393. The molecule has 0 spiro atoms. The van der Waals surface area contributed by atoms with E-state index in [1.54, 1.807) is 0 Å². The lowest BCUT2D eigenvalue weighted by Gasteiger charge is -2.30. The highest BCUT2D eigenvalue weighted by atomic mass is 16.5. The number of carbonyl (C=O) groups is 2.